The van der Waals surface area contributed by atoms with Crippen LogP contribution in [0.3, 0.4) is 0 Å². The Morgan fingerprint density at radius 2 is 1.07 bits per heavy atom. The Hall–Kier alpha value is -7.70. The number of nitrogens with zero attached hydrogens (tertiary/aromatic N) is 10. The van der Waals surface area contributed by atoms with Crippen LogP contribution in [0, 0.1) is 11.8 Å². The number of carbonyl (C=O) groups excluding carboxylic acids is 4. The topological polar surface area (TPSA) is 285 Å². The summed E-state index contributed by atoms with van der Waals surface area (Å²) in [4.78, 5) is 64.3. The van der Waals surface area contributed by atoms with Crippen molar-refractivity contribution in [3.05, 3.63) is 139 Å². The quantitative estimate of drug-likeness (QED) is 0.0149. The summed E-state index contributed by atoms with van der Waals surface area (Å²) in [5, 5.41) is 25.1. The van der Waals surface area contributed by atoms with Gasteiger partial charge in [-0.05, 0) is 120 Å². The summed E-state index contributed by atoms with van der Waals surface area (Å²) in [6.07, 6.45) is -5.11. The third-order valence-corrected chi connectivity index (χ3v) is 12.3. The van der Waals surface area contributed by atoms with Crippen molar-refractivity contribution in [1.82, 2.24) is 19.8 Å². The molecule has 27 heteroatoms. The molecule has 2 aliphatic heterocycles. The van der Waals surface area contributed by atoms with E-state index >= 15 is 0 Å². The molecule has 2 amide bonds. The summed E-state index contributed by atoms with van der Waals surface area (Å²) >= 11 is 0. The van der Waals surface area contributed by atoms with Gasteiger partial charge in [-0.25, -0.2) is 0 Å². The second-order valence-electron chi connectivity index (χ2n) is 18.5. The van der Waals surface area contributed by atoms with E-state index in [1.165, 1.54) is 19.2 Å². The largest absolute Gasteiger partial charge is 0.508 e. The summed E-state index contributed by atoms with van der Waals surface area (Å²) in [6.45, 7) is -0.208. The minimum atomic E-state index is -4.58. The molecule has 81 heavy (non-hydrogen) atoms. The number of aliphatic hydroxyl groups is 1. The summed E-state index contributed by atoms with van der Waals surface area (Å²) in [5.41, 5.74) is 22.3. The molecule has 2 aromatic heterocycles. The van der Waals surface area contributed by atoms with Crippen LogP contribution in [0.1, 0.15) is 70.7 Å². The Labute approximate surface area is 463 Å². The fraction of sp³-hybridized carbons (Fsp3) is 0.519. The lowest BCUT2D eigenvalue weighted by Gasteiger charge is -2.25. The van der Waals surface area contributed by atoms with Crippen molar-refractivity contribution in [3.63, 3.8) is 0 Å². The molecule has 2 N–H and O–H groups in total. The number of carbonyl (C=O) groups is 4. The molecule has 2 atom stereocenters. The average molecular weight is 1150 g/mol. The number of ether oxygens (including phenoxy) is 5. The second kappa shape index (κ2) is 34.4. The van der Waals surface area contributed by atoms with E-state index in [4.69, 9.17) is 30.4 Å². The van der Waals surface area contributed by atoms with Gasteiger partial charge in [0.05, 0.1) is 58.7 Å². The van der Waals surface area contributed by atoms with Gasteiger partial charge in [0, 0.05) is 91.4 Å². The number of amides is 2. The SMILES string of the molecule is COC(=O)C[C@@H]1Cc2ccc(O)cc2CN(CC(F)(F)F)C1=O.COC(=O)C[C@@H]1Cc2ccc(OCCc3cccc(CCCOCCN=[N+]=[N-])n3)cc2CN(CC(F)(F)F)C1=O.[N-]=[N+]=NCCOCCCc1cccc(CCO)n1. The molecule has 0 saturated carbocycles. The smallest absolute Gasteiger partial charge is 0.406 e. The van der Waals surface area contributed by atoms with E-state index in [2.05, 4.69) is 39.5 Å². The lowest BCUT2D eigenvalue weighted by atomic mass is 9.94. The third-order valence-electron chi connectivity index (χ3n) is 12.3. The lowest BCUT2D eigenvalue weighted by molar-refractivity contribution is -0.165. The molecule has 21 nitrogen and oxygen atoms in total. The van der Waals surface area contributed by atoms with Gasteiger partial charge in [-0.15, -0.1) is 0 Å². The highest BCUT2D eigenvalue weighted by Gasteiger charge is 2.40. The number of benzene rings is 2. The van der Waals surface area contributed by atoms with E-state index in [1.807, 2.05) is 36.4 Å². The highest BCUT2D eigenvalue weighted by atomic mass is 19.4. The Morgan fingerprint density at radius 1 is 0.630 bits per heavy atom. The zero-order valence-electron chi connectivity index (χ0n) is 44.9. The first-order valence-corrected chi connectivity index (χ1v) is 25.8. The third kappa shape index (κ3) is 25.1. The Kier molecular flexibility index (Phi) is 28.0. The number of hydrogen-bond donors (Lipinski definition) is 2. The maximum atomic E-state index is 13.2. The van der Waals surface area contributed by atoms with Crippen molar-refractivity contribution in [2.75, 3.05) is 80.0 Å². The number of fused-ring (bicyclic) bond motifs is 2. The van der Waals surface area contributed by atoms with Gasteiger partial charge in [-0.2, -0.15) is 26.3 Å². The van der Waals surface area contributed by atoms with Crippen LogP contribution in [0.5, 0.6) is 11.5 Å². The number of rotatable bonds is 26. The van der Waals surface area contributed by atoms with E-state index < -0.39 is 61.0 Å². The molecule has 2 aliphatic rings. The van der Waals surface area contributed by atoms with E-state index in [9.17, 15) is 50.6 Å². The molecule has 0 aliphatic carbocycles. The number of alkyl halides is 6. The number of pyridine rings is 2. The summed E-state index contributed by atoms with van der Waals surface area (Å²) in [6, 6.07) is 21.0. The van der Waals surface area contributed by atoms with Gasteiger partial charge in [0.1, 0.15) is 24.6 Å². The van der Waals surface area contributed by atoms with Crippen molar-refractivity contribution >= 4 is 23.8 Å². The molecule has 0 saturated heterocycles. The maximum absolute atomic E-state index is 13.2. The molecule has 440 valence electrons. The molecule has 0 unspecified atom stereocenters. The zero-order chi connectivity index (χ0) is 59.2. The average Bonchev–Trinajstić information content (AvgIpc) is 3.66. The number of aryl methyl sites for hydroxylation is 2. The Morgan fingerprint density at radius 3 is 1.52 bits per heavy atom. The first-order valence-electron chi connectivity index (χ1n) is 25.8. The van der Waals surface area contributed by atoms with Crippen molar-refractivity contribution in [3.8, 4) is 11.5 Å². The molecule has 4 aromatic rings. The van der Waals surface area contributed by atoms with E-state index in [0.717, 1.165) is 60.5 Å². The number of methoxy groups -OCH3 is 2. The molecule has 6 rings (SSSR count). The van der Waals surface area contributed by atoms with Gasteiger partial charge in [0.15, 0.2) is 0 Å². The zero-order valence-corrected chi connectivity index (χ0v) is 44.9. The van der Waals surface area contributed by atoms with Crippen LogP contribution in [0.15, 0.2) is 83.0 Å². The van der Waals surface area contributed by atoms with E-state index in [0.29, 0.717) is 91.9 Å². The summed E-state index contributed by atoms with van der Waals surface area (Å²) in [5.74, 6) is -4.26. The highest BCUT2D eigenvalue weighted by Crippen LogP contribution is 2.32. The number of aromatic nitrogens is 2. The molecule has 4 heterocycles. The van der Waals surface area contributed by atoms with Gasteiger partial charge >= 0.3 is 24.3 Å². The van der Waals surface area contributed by atoms with Crippen LogP contribution < -0.4 is 4.74 Å². The van der Waals surface area contributed by atoms with Gasteiger partial charge in [0.2, 0.25) is 11.8 Å². The van der Waals surface area contributed by atoms with Crippen LogP contribution in [0.2, 0.25) is 0 Å². The molecular formula is C54H66F6N10O11. The van der Waals surface area contributed by atoms with Gasteiger partial charge in [-0.3, -0.25) is 29.1 Å². The summed E-state index contributed by atoms with van der Waals surface area (Å²) < 4.78 is 104. The normalized spacial score (nSPS) is 14.9. The van der Waals surface area contributed by atoms with Crippen LogP contribution in [0.4, 0.5) is 26.3 Å². The van der Waals surface area contributed by atoms with Crippen LogP contribution in [0.25, 0.3) is 20.9 Å². The predicted molar refractivity (Wildman–Crippen MR) is 280 cm³/mol. The number of halogens is 6. The van der Waals surface area contributed by atoms with Crippen molar-refractivity contribution in [2.24, 2.45) is 22.1 Å². The number of phenolic OH excluding ortho intramolecular Hbond substituents is 1. The lowest BCUT2D eigenvalue weighted by Crippen LogP contribution is -2.41. The molecule has 0 bridgehead atoms. The first-order chi connectivity index (χ1) is 38.7. The first kappa shape index (κ1) is 65.8. The predicted octanol–water partition coefficient (Wildman–Crippen LogP) is 8.48. The molecule has 0 fully saturated rings. The van der Waals surface area contributed by atoms with Gasteiger partial charge in [0.25, 0.3) is 0 Å². The molecule has 0 spiro atoms. The standard InChI is InChI=1S/C27H32F3N5O5.C15H16F3NO4.C12H18N4O2/c1-38-25(36)16-20-14-19-7-8-24(15-21(19)17-35(26(20)37)18-27(28,29)30)40-12-9-23-5-2-4-22(33-23)6-3-11-39-13-10-32-34-31;1-23-13(21)6-10-4-9-2-3-12(20)5-11(9)7-19(14(10)22)8-15(16,17)18;13-16-14-7-10-18-9-2-5-11-3-1-4-12(15-11)6-8-17/h2,4-5,7-8,15,20H,3,6,9-14,16-18H2,1H3;2-3,5,10,20H,4,6-8H2,1H3;1,3-4,17H,2,5-10H2/t20-;10-;/m00./s1. The van der Waals surface area contributed by atoms with E-state index in [-0.39, 0.29) is 51.1 Å². The van der Waals surface area contributed by atoms with Crippen molar-refractivity contribution in [2.45, 2.75) is 89.7 Å². The van der Waals surface area contributed by atoms with Gasteiger partial charge < -0.3 is 43.7 Å². The number of hydrogen-bond acceptors (Lipinski definition) is 15. The number of azide groups is 2. The number of aromatic hydroxyl groups is 1. The number of esters is 2. The molecular weight excluding hydrogens is 1080 g/mol. The fourth-order valence-corrected chi connectivity index (χ4v) is 8.59. The van der Waals surface area contributed by atoms with Crippen LogP contribution in [-0.2, 0) is 89.7 Å². The Bertz CT molecular complexity index is 2760. The Balaban J connectivity index is 0.000000290. The number of aliphatic hydroxyl groups excluding tert-OH is 1. The van der Waals surface area contributed by atoms with Crippen LogP contribution in [-0.4, -0.2) is 146 Å². The fourth-order valence-electron chi connectivity index (χ4n) is 8.59. The van der Waals surface area contributed by atoms with Crippen molar-refractivity contribution in [1.29, 1.82) is 0 Å². The maximum Gasteiger partial charge on any atom is 0.406 e. The van der Waals surface area contributed by atoms with E-state index in [1.54, 1.807) is 24.3 Å². The second-order valence-corrected chi connectivity index (χ2v) is 18.5. The molecule has 0 radical (unpaired) electrons. The molecule has 2 aromatic carbocycles. The highest BCUT2D eigenvalue weighted by molar-refractivity contribution is 5.85. The van der Waals surface area contributed by atoms with Crippen LogP contribution >= 0.6 is 0 Å². The van der Waals surface area contributed by atoms with Crippen molar-refractivity contribution < 1.29 is 79.4 Å². The minimum Gasteiger partial charge on any atom is -0.508 e. The summed E-state index contributed by atoms with van der Waals surface area (Å²) in [7, 11) is 2.33. The van der Waals surface area contributed by atoms with Gasteiger partial charge in [-0.1, -0.05) is 34.5 Å². The number of phenols is 1. The minimum absolute atomic E-state index is 0.0884. The monoisotopic (exact) mass is 1140 g/mol.